The Balaban J connectivity index is 2.27. The molecule has 0 spiro atoms. The van der Waals surface area contributed by atoms with Crippen molar-refractivity contribution in [1.29, 1.82) is 0 Å². The largest absolute Gasteiger partial charge is 0.444 e. The van der Waals surface area contributed by atoms with Crippen molar-refractivity contribution in [2.24, 2.45) is 5.73 Å². The molecule has 0 aromatic heterocycles. The molecule has 3 atom stereocenters. The van der Waals surface area contributed by atoms with E-state index in [1.54, 1.807) is 20.8 Å². The number of carbonyl (C=O) groups excluding carboxylic acids is 4. The van der Waals surface area contributed by atoms with Gasteiger partial charge < -0.3 is 31.7 Å². The van der Waals surface area contributed by atoms with Gasteiger partial charge in [0.15, 0.2) is 5.78 Å². The highest BCUT2D eigenvalue weighted by Gasteiger charge is 2.30. The highest BCUT2D eigenvalue weighted by Crippen LogP contribution is 2.11. The van der Waals surface area contributed by atoms with Gasteiger partial charge in [0.1, 0.15) is 17.7 Å². The molecule has 0 heterocycles. The van der Waals surface area contributed by atoms with Crippen LogP contribution in [0.1, 0.15) is 44.7 Å². The van der Waals surface area contributed by atoms with E-state index < -0.39 is 41.6 Å². The smallest absolute Gasteiger partial charge is 0.408 e. The van der Waals surface area contributed by atoms with Gasteiger partial charge in [-0.25, -0.2) is 4.79 Å². The molecule has 0 saturated carbocycles. The van der Waals surface area contributed by atoms with Crippen LogP contribution in [0.5, 0.6) is 0 Å². The second-order valence-corrected chi connectivity index (χ2v) is 11.2. The van der Waals surface area contributed by atoms with Crippen LogP contribution < -0.4 is 27.0 Å². The minimum atomic E-state index is -1.05. The maximum Gasteiger partial charge on any atom is 0.408 e. The molecule has 3 amide bonds. The zero-order valence-electron chi connectivity index (χ0n) is 24.5. The molecular weight excluding hydrogens is 558 g/mol. The van der Waals surface area contributed by atoms with Crippen LogP contribution in [-0.4, -0.2) is 59.8 Å². The Morgan fingerprint density at radius 3 is 1.76 bits per heavy atom. The summed E-state index contributed by atoms with van der Waals surface area (Å²) in [5.74, 6) is -1.46. The van der Waals surface area contributed by atoms with Crippen LogP contribution in [0.3, 0.4) is 0 Å². The molecular formula is C31H42ClN5O5. The van der Waals surface area contributed by atoms with Crippen LogP contribution in [0.25, 0.3) is 0 Å². The molecule has 2 aromatic rings. The molecule has 10 nitrogen and oxygen atoms in total. The summed E-state index contributed by atoms with van der Waals surface area (Å²) in [5.41, 5.74) is 6.36. The number of alkyl halides is 1. The number of ether oxygens (including phenoxy) is 1. The molecule has 0 aliphatic heterocycles. The fraction of sp³-hybridized carbons (Fsp3) is 0.419. The van der Waals surface area contributed by atoms with E-state index in [4.69, 9.17) is 22.1 Å². The van der Waals surface area contributed by atoms with Gasteiger partial charge in [-0.15, -0.1) is 11.6 Å². The Bertz CT molecular complexity index is 1190. The molecule has 0 bridgehead atoms. The van der Waals surface area contributed by atoms with E-state index in [1.807, 2.05) is 60.7 Å². The Morgan fingerprint density at radius 2 is 1.31 bits per heavy atom. The number of nitrogens with one attached hydrogen (secondary N) is 4. The second-order valence-electron chi connectivity index (χ2n) is 10.9. The Hall–Kier alpha value is -4.05. The van der Waals surface area contributed by atoms with Gasteiger partial charge in [-0.1, -0.05) is 67.2 Å². The Kier molecular flexibility index (Phi) is 13.9. The first kappa shape index (κ1) is 34.2. The van der Waals surface area contributed by atoms with Gasteiger partial charge in [-0.05, 0) is 44.7 Å². The fourth-order valence-electron chi connectivity index (χ4n) is 4.07. The molecule has 2 aromatic carbocycles. The number of amides is 3. The van der Waals surface area contributed by atoms with E-state index in [2.05, 4.69) is 27.8 Å². The Labute approximate surface area is 252 Å². The van der Waals surface area contributed by atoms with E-state index >= 15 is 0 Å². The van der Waals surface area contributed by atoms with Gasteiger partial charge in [0.2, 0.25) is 11.8 Å². The van der Waals surface area contributed by atoms with Gasteiger partial charge in [0.05, 0.1) is 17.7 Å². The zero-order valence-corrected chi connectivity index (χ0v) is 25.2. The number of rotatable bonds is 16. The molecule has 0 aliphatic carbocycles. The molecule has 228 valence electrons. The van der Waals surface area contributed by atoms with Gasteiger partial charge in [-0.3, -0.25) is 14.4 Å². The van der Waals surface area contributed by atoms with Gasteiger partial charge in [-0.2, -0.15) is 0 Å². The number of hydrogen-bond donors (Lipinski definition) is 5. The van der Waals surface area contributed by atoms with Crippen LogP contribution in [0, 0.1) is 0 Å². The summed E-state index contributed by atoms with van der Waals surface area (Å²) in [6, 6.07) is 15.4. The fourth-order valence-corrected chi connectivity index (χ4v) is 4.26. The molecule has 42 heavy (non-hydrogen) atoms. The van der Waals surface area contributed by atoms with Crippen molar-refractivity contribution < 1.29 is 23.9 Å². The maximum absolute atomic E-state index is 13.6. The molecule has 0 fully saturated rings. The molecule has 11 heteroatoms. The van der Waals surface area contributed by atoms with E-state index in [9.17, 15) is 19.2 Å². The number of carbonyl (C=O) groups is 4. The lowest BCUT2D eigenvalue weighted by molar-refractivity contribution is -0.131. The normalized spacial score (nSPS) is 13.1. The first-order valence-electron chi connectivity index (χ1n) is 13.8. The number of halogens is 1. The number of alkyl carbamates (subject to hydrolysis) is 1. The maximum atomic E-state index is 13.6. The van der Waals surface area contributed by atoms with Gasteiger partial charge >= 0.3 is 6.09 Å². The first-order chi connectivity index (χ1) is 19.9. The highest BCUT2D eigenvalue weighted by atomic mass is 35.5. The topological polar surface area (TPSA) is 152 Å². The number of ketones is 1. The SMILES string of the molecule is C=C(N)NCCC[C@H](NC(=O)C(Cc1ccccc1)NC(=O)[C@@H](Cc1ccccc1)NC(=O)OC(C)(C)C)C(=O)CCl. The van der Waals surface area contributed by atoms with Crippen LogP contribution in [0.4, 0.5) is 4.79 Å². The number of benzene rings is 2. The predicted molar refractivity (Wildman–Crippen MR) is 164 cm³/mol. The third kappa shape index (κ3) is 13.1. The minimum Gasteiger partial charge on any atom is -0.444 e. The van der Waals surface area contributed by atoms with Crippen molar-refractivity contribution in [3.05, 3.63) is 84.2 Å². The van der Waals surface area contributed by atoms with Crippen molar-refractivity contribution in [3.8, 4) is 0 Å². The van der Waals surface area contributed by atoms with E-state index in [-0.39, 0.29) is 24.5 Å². The average molecular weight is 600 g/mol. The van der Waals surface area contributed by atoms with Crippen molar-refractivity contribution in [2.75, 3.05) is 12.4 Å². The standard InChI is InChI=1S/C31H42ClN5O5/c1-21(33)34-17-11-16-24(27(38)20-32)35-28(39)25(18-22-12-7-5-8-13-22)36-29(40)26(19-23-14-9-6-10-15-23)37-30(41)42-31(2,3)4/h5-10,12-15,24-26,34H,1,11,16-20,33H2,2-4H3,(H,35,39)(H,36,40)(H,37,41)/t24-,25?,26+/m0/s1. The van der Waals surface area contributed by atoms with Crippen LogP contribution in [0.2, 0.25) is 0 Å². The van der Waals surface area contributed by atoms with E-state index in [1.165, 1.54) is 0 Å². The van der Waals surface area contributed by atoms with Crippen LogP contribution >= 0.6 is 11.6 Å². The van der Waals surface area contributed by atoms with Crippen molar-refractivity contribution >= 4 is 35.3 Å². The summed E-state index contributed by atoms with van der Waals surface area (Å²) in [7, 11) is 0. The summed E-state index contributed by atoms with van der Waals surface area (Å²) >= 11 is 5.83. The molecule has 0 radical (unpaired) electrons. The quantitative estimate of drug-likeness (QED) is 0.147. The third-order valence-corrected chi connectivity index (χ3v) is 6.33. The van der Waals surface area contributed by atoms with Crippen LogP contribution in [0.15, 0.2) is 73.1 Å². The van der Waals surface area contributed by atoms with Crippen molar-refractivity contribution in [1.82, 2.24) is 21.3 Å². The van der Waals surface area contributed by atoms with Gasteiger partial charge in [0.25, 0.3) is 0 Å². The highest BCUT2D eigenvalue weighted by molar-refractivity contribution is 6.28. The molecule has 1 unspecified atom stereocenters. The number of nitrogens with two attached hydrogens (primary N) is 1. The van der Waals surface area contributed by atoms with E-state index in [0.717, 1.165) is 11.1 Å². The van der Waals surface area contributed by atoms with E-state index in [0.29, 0.717) is 25.2 Å². The zero-order chi connectivity index (χ0) is 31.1. The summed E-state index contributed by atoms with van der Waals surface area (Å²) < 4.78 is 5.38. The molecule has 0 saturated heterocycles. The Morgan fingerprint density at radius 1 is 0.833 bits per heavy atom. The number of hydrogen-bond acceptors (Lipinski definition) is 7. The predicted octanol–water partition coefficient (Wildman–Crippen LogP) is 2.94. The lowest BCUT2D eigenvalue weighted by Gasteiger charge is -2.26. The van der Waals surface area contributed by atoms with Gasteiger partial charge in [0, 0.05) is 19.4 Å². The minimum absolute atomic E-state index is 0.152. The summed E-state index contributed by atoms with van der Waals surface area (Å²) in [4.78, 5) is 52.4. The third-order valence-electron chi connectivity index (χ3n) is 6.06. The molecule has 6 N–H and O–H groups in total. The molecule has 0 aliphatic rings. The van der Waals surface area contributed by atoms with Crippen LogP contribution in [-0.2, 0) is 32.0 Å². The summed E-state index contributed by atoms with van der Waals surface area (Å²) in [6.45, 7) is 9.20. The first-order valence-corrected chi connectivity index (χ1v) is 14.4. The summed E-state index contributed by atoms with van der Waals surface area (Å²) in [5, 5.41) is 11.1. The average Bonchev–Trinajstić information content (AvgIpc) is 2.93. The monoisotopic (exact) mass is 599 g/mol. The molecule has 2 rings (SSSR count). The van der Waals surface area contributed by atoms with Crippen molar-refractivity contribution in [3.63, 3.8) is 0 Å². The lowest BCUT2D eigenvalue weighted by atomic mass is 10.0. The van der Waals surface area contributed by atoms with Crippen molar-refractivity contribution in [2.45, 2.75) is 70.2 Å². The second kappa shape index (κ2) is 17.0. The summed E-state index contributed by atoms with van der Waals surface area (Å²) in [6.07, 6.45) is 0.375. The lowest BCUT2D eigenvalue weighted by Crippen LogP contribution is -2.57. The number of Topliss-reactive ketones (excluding diaryl/α,β-unsaturated/α-hetero) is 1.